The first-order valence-electron chi connectivity index (χ1n) is 9.46. The molecule has 1 fully saturated rings. The van der Waals surface area contributed by atoms with E-state index in [-0.39, 0.29) is 0 Å². The van der Waals surface area contributed by atoms with Crippen LogP contribution in [0.3, 0.4) is 0 Å². The van der Waals surface area contributed by atoms with Crippen molar-refractivity contribution in [1.29, 1.82) is 0 Å². The Labute approximate surface area is 161 Å². The van der Waals surface area contributed by atoms with Crippen LogP contribution in [-0.4, -0.2) is 62.7 Å². The van der Waals surface area contributed by atoms with Gasteiger partial charge in [0, 0.05) is 52.2 Å². The number of para-hydroxylation sites is 2. The van der Waals surface area contributed by atoms with Crippen molar-refractivity contribution in [2.45, 2.75) is 13.3 Å². The molecule has 0 spiro atoms. The second-order valence-electron chi connectivity index (χ2n) is 6.67. The fourth-order valence-corrected chi connectivity index (χ4v) is 3.47. The Morgan fingerprint density at radius 3 is 2.67 bits per heavy atom. The van der Waals surface area contributed by atoms with E-state index >= 15 is 0 Å². The highest BCUT2D eigenvalue weighted by atomic mass is 16.5. The fraction of sp³-hybridized carbons (Fsp3) is 0.429. The lowest BCUT2D eigenvalue weighted by Gasteiger charge is -2.38. The summed E-state index contributed by atoms with van der Waals surface area (Å²) in [5.41, 5.74) is 3.73. The van der Waals surface area contributed by atoms with Crippen LogP contribution in [0.1, 0.15) is 11.1 Å². The molecule has 1 aliphatic heterocycles. The van der Waals surface area contributed by atoms with E-state index in [1.54, 1.807) is 7.11 Å². The van der Waals surface area contributed by atoms with Crippen LogP contribution in [0.5, 0.6) is 5.75 Å². The van der Waals surface area contributed by atoms with E-state index in [4.69, 9.17) is 4.74 Å². The number of piperazine rings is 1. The molecule has 0 amide bonds. The lowest BCUT2D eigenvalue weighted by molar-refractivity contribution is 0.367. The number of benzene rings is 1. The first-order valence-corrected chi connectivity index (χ1v) is 9.46. The van der Waals surface area contributed by atoms with Gasteiger partial charge in [-0.3, -0.25) is 9.98 Å². The molecule has 1 saturated heterocycles. The van der Waals surface area contributed by atoms with Crippen LogP contribution in [0.4, 0.5) is 5.69 Å². The van der Waals surface area contributed by atoms with Gasteiger partial charge >= 0.3 is 0 Å². The van der Waals surface area contributed by atoms with Crippen LogP contribution < -0.4 is 15.0 Å². The number of hydrogen-bond donors (Lipinski definition) is 1. The molecule has 144 valence electrons. The molecule has 3 rings (SSSR count). The van der Waals surface area contributed by atoms with Crippen molar-refractivity contribution in [3.8, 4) is 5.75 Å². The van der Waals surface area contributed by atoms with Crippen molar-refractivity contribution < 1.29 is 4.74 Å². The predicted octanol–water partition coefficient (Wildman–Crippen LogP) is 2.34. The molecule has 0 bridgehead atoms. The van der Waals surface area contributed by atoms with Crippen molar-refractivity contribution in [2.75, 3.05) is 51.8 Å². The zero-order valence-corrected chi connectivity index (χ0v) is 16.5. The summed E-state index contributed by atoms with van der Waals surface area (Å²) in [5.74, 6) is 1.91. The van der Waals surface area contributed by atoms with Crippen LogP contribution in [0.2, 0.25) is 0 Å². The number of hydrogen-bond acceptors (Lipinski definition) is 4. The van der Waals surface area contributed by atoms with E-state index in [0.29, 0.717) is 0 Å². The lowest BCUT2D eigenvalue weighted by Crippen LogP contribution is -2.52. The lowest BCUT2D eigenvalue weighted by atomic mass is 10.1. The van der Waals surface area contributed by atoms with E-state index in [9.17, 15) is 0 Å². The minimum Gasteiger partial charge on any atom is -0.495 e. The molecule has 1 aromatic carbocycles. The van der Waals surface area contributed by atoms with Crippen LogP contribution in [0.15, 0.2) is 47.7 Å². The van der Waals surface area contributed by atoms with Crippen molar-refractivity contribution in [1.82, 2.24) is 15.2 Å². The Balaban J connectivity index is 1.52. The van der Waals surface area contributed by atoms with Gasteiger partial charge in [0.2, 0.25) is 0 Å². The fourth-order valence-electron chi connectivity index (χ4n) is 3.47. The van der Waals surface area contributed by atoms with Gasteiger partial charge < -0.3 is 19.9 Å². The Morgan fingerprint density at radius 1 is 1.19 bits per heavy atom. The first kappa shape index (κ1) is 19.0. The maximum absolute atomic E-state index is 5.50. The molecular formula is C21H29N5O. The van der Waals surface area contributed by atoms with Gasteiger partial charge in [-0.1, -0.05) is 12.1 Å². The summed E-state index contributed by atoms with van der Waals surface area (Å²) < 4.78 is 5.50. The molecule has 0 unspecified atom stereocenters. The molecule has 0 radical (unpaired) electrons. The molecule has 1 aliphatic rings. The average molecular weight is 367 g/mol. The molecule has 0 saturated carbocycles. The second kappa shape index (κ2) is 9.26. The van der Waals surface area contributed by atoms with E-state index in [2.05, 4.69) is 50.2 Å². The van der Waals surface area contributed by atoms with Crippen LogP contribution in [-0.2, 0) is 6.42 Å². The van der Waals surface area contributed by atoms with Crippen molar-refractivity contribution in [2.24, 2.45) is 4.99 Å². The predicted molar refractivity (Wildman–Crippen MR) is 111 cm³/mol. The minimum absolute atomic E-state index is 0.865. The normalized spacial score (nSPS) is 15.0. The summed E-state index contributed by atoms with van der Waals surface area (Å²) in [5, 5.41) is 3.50. The third kappa shape index (κ3) is 4.70. The van der Waals surface area contributed by atoms with E-state index in [1.165, 1.54) is 11.1 Å². The van der Waals surface area contributed by atoms with Crippen LogP contribution in [0, 0.1) is 6.92 Å². The monoisotopic (exact) mass is 367 g/mol. The third-order valence-corrected chi connectivity index (χ3v) is 5.03. The summed E-state index contributed by atoms with van der Waals surface area (Å²) in [7, 11) is 3.58. The molecule has 2 aromatic rings. The molecule has 1 aromatic heterocycles. The number of ether oxygens (including phenoxy) is 1. The molecular weight excluding hydrogens is 338 g/mol. The number of anilines is 1. The van der Waals surface area contributed by atoms with Gasteiger partial charge in [-0.05, 0) is 42.7 Å². The van der Waals surface area contributed by atoms with Gasteiger partial charge in [-0.15, -0.1) is 0 Å². The number of rotatable bonds is 5. The van der Waals surface area contributed by atoms with E-state index in [1.807, 2.05) is 31.6 Å². The molecule has 2 heterocycles. The maximum Gasteiger partial charge on any atom is 0.193 e. The minimum atomic E-state index is 0.865. The number of nitrogens with zero attached hydrogens (tertiary/aromatic N) is 4. The number of aryl methyl sites for hydroxylation is 1. The van der Waals surface area contributed by atoms with E-state index < -0.39 is 0 Å². The Kier molecular flexibility index (Phi) is 6.52. The number of pyridine rings is 1. The quantitative estimate of drug-likeness (QED) is 0.649. The van der Waals surface area contributed by atoms with Crippen molar-refractivity contribution >= 4 is 11.6 Å². The number of methoxy groups -OCH3 is 1. The highest BCUT2D eigenvalue weighted by Gasteiger charge is 2.21. The van der Waals surface area contributed by atoms with Gasteiger partial charge in [0.05, 0.1) is 12.8 Å². The molecule has 27 heavy (non-hydrogen) atoms. The topological polar surface area (TPSA) is 53.0 Å². The van der Waals surface area contributed by atoms with Crippen molar-refractivity contribution in [3.05, 3.63) is 53.9 Å². The molecule has 6 nitrogen and oxygen atoms in total. The summed E-state index contributed by atoms with van der Waals surface area (Å²) in [6.07, 6.45) is 4.74. The Morgan fingerprint density at radius 2 is 1.96 bits per heavy atom. The summed E-state index contributed by atoms with van der Waals surface area (Å²) in [6, 6.07) is 10.3. The van der Waals surface area contributed by atoms with Gasteiger partial charge in [0.25, 0.3) is 0 Å². The molecule has 0 aliphatic carbocycles. The van der Waals surface area contributed by atoms with Crippen LogP contribution in [0.25, 0.3) is 0 Å². The SMILES string of the molecule is CN=C(NCCc1ccncc1C)N1CCN(c2ccccc2OC)CC1. The molecule has 6 heteroatoms. The van der Waals surface area contributed by atoms with Gasteiger partial charge in [-0.2, -0.15) is 0 Å². The first-order chi connectivity index (χ1) is 13.2. The smallest absolute Gasteiger partial charge is 0.193 e. The Bertz CT molecular complexity index is 769. The van der Waals surface area contributed by atoms with Crippen molar-refractivity contribution in [3.63, 3.8) is 0 Å². The third-order valence-electron chi connectivity index (χ3n) is 5.03. The summed E-state index contributed by atoms with van der Waals surface area (Å²) in [4.78, 5) is 13.3. The standard InChI is InChI=1S/C21H29N5O/c1-17-16-23-10-8-18(17)9-11-24-21(22-2)26-14-12-25(13-15-26)19-6-4-5-7-20(19)27-3/h4-8,10,16H,9,11-15H2,1-3H3,(H,22,24). The number of aliphatic imine (C=N–C) groups is 1. The highest BCUT2D eigenvalue weighted by molar-refractivity contribution is 5.80. The average Bonchev–Trinajstić information content (AvgIpc) is 2.72. The van der Waals surface area contributed by atoms with Gasteiger partial charge in [0.1, 0.15) is 5.75 Å². The van der Waals surface area contributed by atoms with Gasteiger partial charge in [0.15, 0.2) is 5.96 Å². The molecule has 0 atom stereocenters. The summed E-state index contributed by atoms with van der Waals surface area (Å²) in [6.45, 7) is 6.74. The zero-order chi connectivity index (χ0) is 19.1. The summed E-state index contributed by atoms with van der Waals surface area (Å²) >= 11 is 0. The molecule has 1 N–H and O–H groups in total. The van der Waals surface area contributed by atoms with Crippen LogP contribution >= 0.6 is 0 Å². The number of aromatic nitrogens is 1. The maximum atomic E-state index is 5.50. The van der Waals surface area contributed by atoms with Gasteiger partial charge in [-0.25, -0.2) is 0 Å². The largest absolute Gasteiger partial charge is 0.495 e. The second-order valence-corrected chi connectivity index (χ2v) is 6.67. The Hall–Kier alpha value is -2.76. The number of nitrogens with one attached hydrogen (secondary N) is 1. The zero-order valence-electron chi connectivity index (χ0n) is 16.5. The highest BCUT2D eigenvalue weighted by Crippen LogP contribution is 2.28. The number of guanidine groups is 1. The van der Waals surface area contributed by atoms with E-state index in [0.717, 1.165) is 56.5 Å².